The fourth-order valence-electron chi connectivity index (χ4n) is 1.80. The van der Waals surface area contributed by atoms with Crippen LogP contribution in [-0.4, -0.2) is 14.6 Å². The molecule has 4 nitrogen and oxygen atoms in total. The van der Waals surface area contributed by atoms with Crippen molar-refractivity contribution in [2.45, 2.75) is 13.5 Å². The summed E-state index contributed by atoms with van der Waals surface area (Å²) in [7, 11) is 0. The number of rotatable bonds is 2. The molecule has 0 saturated heterocycles. The van der Waals surface area contributed by atoms with Crippen LogP contribution in [0.2, 0.25) is 0 Å². The van der Waals surface area contributed by atoms with E-state index in [1.165, 1.54) is 5.56 Å². The Balaban J connectivity index is 2.19. The van der Waals surface area contributed by atoms with Gasteiger partial charge in [-0.2, -0.15) is 4.98 Å². The maximum Gasteiger partial charge on any atom is 0.212 e. The lowest BCUT2D eigenvalue weighted by atomic mass is 10.1. The van der Waals surface area contributed by atoms with Crippen LogP contribution in [0.4, 0.5) is 0 Å². The summed E-state index contributed by atoms with van der Waals surface area (Å²) in [6.45, 7) is 2.55. The van der Waals surface area contributed by atoms with Gasteiger partial charge >= 0.3 is 0 Å². The molecule has 0 bridgehead atoms. The molecule has 0 aliphatic heterocycles. The summed E-state index contributed by atoms with van der Waals surface area (Å²) in [4.78, 5) is 5.42. The van der Waals surface area contributed by atoms with E-state index in [1.54, 1.807) is 11.3 Å². The quantitative estimate of drug-likeness (QED) is 0.752. The third-order valence-corrected chi connectivity index (χ3v) is 3.61. The van der Waals surface area contributed by atoms with E-state index in [2.05, 4.69) is 23.1 Å². The molecule has 0 amide bonds. The van der Waals surface area contributed by atoms with E-state index in [0.29, 0.717) is 6.54 Å². The molecule has 3 aromatic rings. The van der Waals surface area contributed by atoms with Crippen molar-refractivity contribution < 1.29 is 0 Å². The molecule has 0 unspecified atom stereocenters. The van der Waals surface area contributed by atoms with Crippen molar-refractivity contribution in [3.63, 3.8) is 0 Å². The standard InChI is InChI=1S/C12H12N4S/c1-8-4-2-3-5-10(8)11-14-12-16(15-11)9(6-13)7-17-12/h2-5,7H,6,13H2,1H3. The Hall–Kier alpha value is -1.72. The molecule has 0 spiro atoms. The third-order valence-electron chi connectivity index (χ3n) is 2.74. The highest BCUT2D eigenvalue weighted by Crippen LogP contribution is 2.23. The van der Waals surface area contributed by atoms with Gasteiger partial charge in [-0.25, -0.2) is 4.52 Å². The number of nitrogens with zero attached hydrogens (tertiary/aromatic N) is 3. The number of aromatic nitrogens is 3. The SMILES string of the molecule is Cc1ccccc1-c1nc2scc(CN)n2n1. The minimum absolute atomic E-state index is 0.483. The van der Waals surface area contributed by atoms with Gasteiger partial charge in [0.25, 0.3) is 0 Å². The fraction of sp³-hybridized carbons (Fsp3) is 0.167. The zero-order valence-corrected chi connectivity index (χ0v) is 10.2. The van der Waals surface area contributed by atoms with Crippen molar-refractivity contribution in [3.05, 3.63) is 40.9 Å². The normalized spacial score (nSPS) is 11.2. The smallest absolute Gasteiger partial charge is 0.212 e. The van der Waals surface area contributed by atoms with Crippen molar-refractivity contribution in [1.29, 1.82) is 0 Å². The largest absolute Gasteiger partial charge is 0.325 e. The molecule has 0 aliphatic carbocycles. The van der Waals surface area contributed by atoms with Crippen LogP contribution < -0.4 is 5.73 Å². The Labute approximate surface area is 103 Å². The van der Waals surface area contributed by atoms with Crippen molar-refractivity contribution >= 4 is 16.3 Å². The van der Waals surface area contributed by atoms with Crippen LogP contribution >= 0.6 is 11.3 Å². The molecule has 3 rings (SSSR count). The number of fused-ring (bicyclic) bond motifs is 1. The summed E-state index contributed by atoms with van der Waals surface area (Å²) in [5.41, 5.74) is 8.91. The van der Waals surface area contributed by atoms with Crippen LogP contribution in [-0.2, 0) is 6.54 Å². The van der Waals surface area contributed by atoms with Gasteiger partial charge in [-0.15, -0.1) is 16.4 Å². The third kappa shape index (κ3) is 1.64. The summed E-state index contributed by atoms with van der Waals surface area (Å²) in [5.74, 6) is 0.768. The zero-order chi connectivity index (χ0) is 11.8. The minimum atomic E-state index is 0.483. The Kier molecular flexibility index (Phi) is 2.42. The predicted molar refractivity (Wildman–Crippen MR) is 68.9 cm³/mol. The molecule has 2 aromatic heterocycles. The second-order valence-corrected chi connectivity index (χ2v) is 4.71. The van der Waals surface area contributed by atoms with E-state index < -0.39 is 0 Å². The lowest BCUT2D eigenvalue weighted by molar-refractivity contribution is 0.868. The first kappa shape index (κ1) is 10.4. The fourth-order valence-corrected chi connectivity index (χ4v) is 2.64. The monoisotopic (exact) mass is 244 g/mol. The Morgan fingerprint density at radius 2 is 2.18 bits per heavy atom. The molecule has 0 radical (unpaired) electrons. The Morgan fingerprint density at radius 3 is 2.94 bits per heavy atom. The summed E-state index contributed by atoms with van der Waals surface area (Å²) >= 11 is 1.57. The lowest BCUT2D eigenvalue weighted by Gasteiger charge is -1.99. The van der Waals surface area contributed by atoms with Gasteiger partial charge in [-0.1, -0.05) is 24.3 Å². The van der Waals surface area contributed by atoms with Gasteiger partial charge in [0.05, 0.1) is 5.69 Å². The van der Waals surface area contributed by atoms with Gasteiger partial charge in [-0.3, -0.25) is 0 Å². The molecule has 5 heteroatoms. The number of hydrogen-bond acceptors (Lipinski definition) is 4. The van der Waals surface area contributed by atoms with Crippen LogP contribution in [0.5, 0.6) is 0 Å². The highest BCUT2D eigenvalue weighted by Gasteiger charge is 2.11. The summed E-state index contributed by atoms with van der Waals surface area (Å²) in [5, 5.41) is 6.51. The maximum atomic E-state index is 5.66. The van der Waals surface area contributed by atoms with E-state index in [0.717, 1.165) is 22.0 Å². The second kappa shape index (κ2) is 3.94. The van der Waals surface area contributed by atoms with Gasteiger partial charge < -0.3 is 5.73 Å². The first-order valence-electron chi connectivity index (χ1n) is 5.39. The van der Waals surface area contributed by atoms with Crippen LogP contribution in [0.15, 0.2) is 29.6 Å². The summed E-state index contributed by atoms with van der Waals surface area (Å²) < 4.78 is 1.83. The molecule has 17 heavy (non-hydrogen) atoms. The van der Waals surface area contributed by atoms with E-state index in [9.17, 15) is 0 Å². The molecule has 2 N–H and O–H groups in total. The topological polar surface area (TPSA) is 56.2 Å². The van der Waals surface area contributed by atoms with Crippen LogP contribution in [0.3, 0.4) is 0 Å². The highest BCUT2D eigenvalue weighted by atomic mass is 32.1. The molecule has 2 heterocycles. The lowest BCUT2D eigenvalue weighted by Crippen LogP contribution is -2.01. The van der Waals surface area contributed by atoms with Crippen molar-refractivity contribution in [1.82, 2.24) is 14.6 Å². The van der Waals surface area contributed by atoms with Gasteiger partial charge in [0.2, 0.25) is 4.96 Å². The average molecular weight is 244 g/mol. The molecular weight excluding hydrogens is 232 g/mol. The molecule has 0 saturated carbocycles. The first-order chi connectivity index (χ1) is 8.29. The minimum Gasteiger partial charge on any atom is -0.325 e. The summed E-state index contributed by atoms with van der Waals surface area (Å²) in [6.07, 6.45) is 0. The first-order valence-corrected chi connectivity index (χ1v) is 6.27. The van der Waals surface area contributed by atoms with E-state index >= 15 is 0 Å². The number of aryl methyl sites for hydroxylation is 1. The van der Waals surface area contributed by atoms with Gasteiger partial charge in [0, 0.05) is 17.5 Å². The molecule has 0 atom stereocenters. The highest BCUT2D eigenvalue weighted by molar-refractivity contribution is 7.15. The Morgan fingerprint density at radius 1 is 1.35 bits per heavy atom. The van der Waals surface area contributed by atoms with E-state index in [-0.39, 0.29) is 0 Å². The zero-order valence-electron chi connectivity index (χ0n) is 9.42. The molecule has 0 fully saturated rings. The molecule has 0 aliphatic rings. The molecule has 86 valence electrons. The van der Waals surface area contributed by atoms with Crippen LogP contribution in [0, 0.1) is 6.92 Å². The number of nitrogens with two attached hydrogens (primary N) is 1. The molecule has 1 aromatic carbocycles. The van der Waals surface area contributed by atoms with E-state index in [4.69, 9.17) is 5.73 Å². The maximum absolute atomic E-state index is 5.66. The van der Waals surface area contributed by atoms with Gasteiger partial charge in [-0.05, 0) is 12.5 Å². The second-order valence-electron chi connectivity index (χ2n) is 3.88. The molecular formula is C12H12N4S. The number of benzene rings is 1. The predicted octanol–water partition coefficient (Wildman–Crippen LogP) is 2.22. The van der Waals surface area contributed by atoms with E-state index in [1.807, 2.05) is 28.1 Å². The van der Waals surface area contributed by atoms with Crippen LogP contribution in [0.1, 0.15) is 11.3 Å². The van der Waals surface area contributed by atoms with Gasteiger partial charge in [0.1, 0.15) is 0 Å². The van der Waals surface area contributed by atoms with Crippen LogP contribution in [0.25, 0.3) is 16.3 Å². The summed E-state index contributed by atoms with van der Waals surface area (Å²) in [6, 6.07) is 8.12. The average Bonchev–Trinajstić information content (AvgIpc) is 2.88. The number of thiazole rings is 1. The Bertz CT molecular complexity index is 668. The van der Waals surface area contributed by atoms with Crippen molar-refractivity contribution in [3.8, 4) is 11.4 Å². The number of hydrogen-bond donors (Lipinski definition) is 1. The van der Waals surface area contributed by atoms with Gasteiger partial charge in [0.15, 0.2) is 5.82 Å². The van der Waals surface area contributed by atoms with Crippen molar-refractivity contribution in [2.24, 2.45) is 5.73 Å². The van der Waals surface area contributed by atoms with Crippen molar-refractivity contribution in [2.75, 3.05) is 0 Å².